The predicted octanol–water partition coefficient (Wildman–Crippen LogP) is 2.57. The molecular weight excluding hydrogens is 146 g/mol. The summed E-state index contributed by atoms with van der Waals surface area (Å²) < 4.78 is 0. The molecule has 0 aromatic heterocycles. The Hall–Kier alpha value is -1.08. The quantitative estimate of drug-likeness (QED) is 0.708. The highest BCUT2D eigenvalue weighted by Gasteiger charge is 1.93. The lowest BCUT2D eigenvalue weighted by Gasteiger charge is -2.01. The first-order valence-electron chi connectivity index (χ1n) is 4.20. The van der Waals surface area contributed by atoms with Gasteiger partial charge in [0.1, 0.15) is 0 Å². The second kappa shape index (κ2) is 4.07. The van der Waals surface area contributed by atoms with Gasteiger partial charge >= 0.3 is 0 Å². The molecule has 0 aliphatic rings. The molecule has 0 bridgehead atoms. The van der Waals surface area contributed by atoms with Crippen LogP contribution in [0.5, 0.6) is 0 Å². The normalized spacial score (nSPS) is 11.8. The largest absolute Gasteiger partial charge is 0.326 e. The fourth-order valence-electron chi connectivity index (χ4n) is 1.07. The van der Waals surface area contributed by atoms with E-state index in [2.05, 4.69) is 37.3 Å². The maximum absolute atomic E-state index is 5.49. The third-order valence-corrected chi connectivity index (χ3v) is 2.08. The van der Waals surface area contributed by atoms with Crippen LogP contribution in [-0.2, 0) is 6.54 Å². The summed E-state index contributed by atoms with van der Waals surface area (Å²) >= 11 is 0. The molecule has 1 rings (SSSR count). The molecule has 0 amide bonds. The third kappa shape index (κ3) is 1.95. The van der Waals surface area contributed by atoms with Crippen molar-refractivity contribution in [3.63, 3.8) is 0 Å². The zero-order valence-electron chi connectivity index (χ0n) is 7.67. The Kier molecular flexibility index (Phi) is 3.06. The molecule has 1 nitrogen and oxygen atoms in total. The van der Waals surface area contributed by atoms with Gasteiger partial charge in [-0.15, -0.1) is 0 Å². The molecule has 0 spiro atoms. The summed E-state index contributed by atoms with van der Waals surface area (Å²) in [5.74, 6) is 0. The van der Waals surface area contributed by atoms with E-state index in [9.17, 15) is 0 Å². The molecule has 12 heavy (non-hydrogen) atoms. The van der Waals surface area contributed by atoms with Crippen LogP contribution in [-0.4, -0.2) is 0 Å². The summed E-state index contributed by atoms with van der Waals surface area (Å²) in [4.78, 5) is 0. The summed E-state index contributed by atoms with van der Waals surface area (Å²) in [5.41, 5.74) is 9.25. The van der Waals surface area contributed by atoms with Crippen molar-refractivity contribution in [3.05, 3.63) is 41.5 Å². The zero-order chi connectivity index (χ0) is 8.97. The fraction of sp³-hybridized carbons (Fsp3) is 0.273. The molecule has 2 N–H and O–H groups in total. The van der Waals surface area contributed by atoms with Gasteiger partial charge in [-0.2, -0.15) is 0 Å². The van der Waals surface area contributed by atoms with Crippen LogP contribution >= 0.6 is 0 Å². The van der Waals surface area contributed by atoms with E-state index in [1.165, 1.54) is 16.7 Å². The predicted molar refractivity (Wildman–Crippen MR) is 53.7 cm³/mol. The lowest BCUT2D eigenvalue weighted by atomic mass is 10.1. The van der Waals surface area contributed by atoms with E-state index >= 15 is 0 Å². The second-order valence-corrected chi connectivity index (χ2v) is 2.87. The Morgan fingerprint density at radius 2 is 1.92 bits per heavy atom. The Labute approximate surface area is 73.9 Å². The molecule has 0 saturated carbocycles. The van der Waals surface area contributed by atoms with Crippen molar-refractivity contribution >= 4 is 5.57 Å². The maximum atomic E-state index is 5.49. The topological polar surface area (TPSA) is 26.0 Å². The van der Waals surface area contributed by atoms with Gasteiger partial charge in [0.2, 0.25) is 0 Å². The van der Waals surface area contributed by atoms with Gasteiger partial charge in [0, 0.05) is 6.54 Å². The third-order valence-electron chi connectivity index (χ3n) is 2.08. The summed E-state index contributed by atoms with van der Waals surface area (Å²) in [5, 5.41) is 0. The number of rotatable bonds is 2. The van der Waals surface area contributed by atoms with Crippen molar-refractivity contribution in [3.8, 4) is 0 Å². The van der Waals surface area contributed by atoms with Crippen molar-refractivity contribution in [2.45, 2.75) is 20.4 Å². The molecule has 0 unspecified atom stereocenters. The summed E-state index contributed by atoms with van der Waals surface area (Å²) in [6.45, 7) is 4.78. The highest BCUT2D eigenvalue weighted by molar-refractivity contribution is 5.63. The highest BCUT2D eigenvalue weighted by atomic mass is 14.5. The minimum atomic E-state index is 0.620. The first-order chi connectivity index (χ1) is 5.77. The first kappa shape index (κ1) is 9.01. The molecular formula is C11H15N. The van der Waals surface area contributed by atoms with Crippen molar-refractivity contribution < 1.29 is 0 Å². The van der Waals surface area contributed by atoms with Crippen LogP contribution in [0, 0.1) is 0 Å². The molecule has 1 heteroatoms. The molecule has 0 fully saturated rings. The lowest BCUT2D eigenvalue weighted by Crippen LogP contribution is -1.95. The molecule has 0 aliphatic heterocycles. The maximum Gasteiger partial charge on any atom is 0.0178 e. The van der Waals surface area contributed by atoms with Gasteiger partial charge in [0.15, 0.2) is 0 Å². The van der Waals surface area contributed by atoms with Crippen molar-refractivity contribution in [2.75, 3.05) is 0 Å². The van der Waals surface area contributed by atoms with Crippen LogP contribution in [0.25, 0.3) is 5.57 Å². The fourth-order valence-corrected chi connectivity index (χ4v) is 1.07. The molecule has 0 heterocycles. The van der Waals surface area contributed by atoms with E-state index in [-0.39, 0.29) is 0 Å². The number of hydrogen-bond acceptors (Lipinski definition) is 1. The second-order valence-electron chi connectivity index (χ2n) is 2.87. The van der Waals surface area contributed by atoms with Gasteiger partial charge in [-0.25, -0.2) is 0 Å². The van der Waals surface area contributed by atoms with Gasteiger partial charge in [0.25, 0.3) is 0 Å². The monoisotopic (exact) mass is 161 g/mol. The summed E-state index contributed by atoms with van der Waals surface area (Å²) in [6, 6.07) is 8.36. The van der Waals surface area contributed by atoms with Gasteiger partial charge in [-0.1, -0.05) is 30.3 Å². The number of nitrogens with two attached hydrogens (primary N) is 1. The Morgan fingerprint density at radius 3 is 2.33 bits per heavy atom. The van der Waals surface area contributed by atoms with Crippen LogP contribution in [0.4, 0.5) is 0 Å². The van der Waals surface area contributed by atoms with Crippen molar-refractivity contribution in [1.82, 2.24) is 0 Å². The van der Waals surface area contributed by atoms with Gasteiger partial charge in [0.05, 0.1) is 0 Å². The van der Waals surface area contributed by atoms with Crippen LogP contribution in [0.3, 0.4) is 0 Å². The molecule has 0 radical (unpaired) electrons. The Balaban J connectivity index is 2.92. The lowest BCUT2D eigenvalue weighted by molar-refractivity contribution is 1.07. The Bertz CT molecular complexity index is 270. The minimum Gasteiger partial charge on any atom is -0.326 e. The first-order valence-corrected chi connectivity index (χ1v) is 4.20. The molecule has 0 atom stereocenters. The van der Waals surface area contributed by atoms with Crippen molar-refractivity contribution in [2.24, 2.45) is 5.73 Å². The van der Waals surface area contributed by atoms with Crippen LogP contribution in [0.15, 0.2) is 30.3 Å². The van der Waals surface area contributed by atoms with E-state index in [0.29, 0.717) is 6.54 Å². The molecule has 0 saturated heterocycles. The molecule has 64 valence electrons. The van der Waals surface area contributed by atoms with Crippen molar-refractivity contribution in [1.29, 1.82) is 0 Å². The van der Waals surface area contributed by atoms with Gasteiger partial charge in [-0.3, -0.25) is 0 Å². The molecule has 1 aromatic carbocycles. The molecule has 0 aliphatic carbocycles. The summed E-state index contributed by atoms with van der Waals surface area (Å²) in [6.07, 6.45) is 2.11. The minimum absolute atomic E-state index is 0.620. The number of allylic oxidation sites excluding steroid dienone is 2. The van der Waals surface area contributed by atoms with Crippen LogP contribution < -0.4 is 5.73 Å². The Morgan fingerprint density at radius 1 is 1.33 bits per heavy atom. The smallest absolute Gasteiger partial charge is 0.0178 e. The van der Waals surface area contributed by atoms with Gasteiger partial charge < -0.3 is 5.73 Å². The standard InChI is InChI=1S/C11H15N/c1-3-9(2)11-6-4-10(8-12)5-7-11/h3-7H,8,12H2,1-2H3/b9-3+. The van der Waals surface area contributed by atoms with Gasteiger partial charge in [-0.05, 0) is 30.5 Å². The average molecular weight is 161 g/mol. The number of benzene rings is 1. The number of hydrogen-bond donors (Lipinski definition) is 1. The van der Waals surface area contributed by atoms with E-state index < -0.39 is 0 Å². The van der Waals surface area contributed by atoms with E-state index in [1.807, 2.05) is 6.92 Å². The molecule has 1 aromatic rings. The van der Waals surface area contributed by atoms with E-state index in [1.54, 1.807) is 0 Å². The van der Waals surface area contributed by atoms with Crippen LogP contribution in [0.1, 0.15) is 25.0 Å². The summed E-state index contributed by atoms with van der Waals surface area (Å²) in [7, 11) is 0. The zero-order valence-corrected chi connectivity index (χ0v) is 7.67. The van der Waals surface area contributed by atoms with E-state index in [4.69, 9.17) is 5.73 Å². The van der Waals surface area contributed by atoms with E-state index in [0.717, 1.165) is 0 Å². The average Bonchev–Trinajstić information content (AvgIpc) is 2.17. The highest BCUT2D eigenvalue weighted by Crippen LogP contribution is 2.13. The van der Waals surface area contributed by atoms with Crippen LogP contribution in [0.2, 0.25) is 0 Å². The SMILES string of the molecule is C/C=C(\C)c1ccc(CN)cc1.